The first-order chi connectivity index (χ1) is 8.74. The molecule has 0 bridgehead atoms. The highest BCUT2D eigenvalue weighted by Crippen LogP contribution is 2.50. The molecule has 1 aromatic carbocycles. The van der Waals surface area contributed by atoms with E-state index in [1.54, 1.807) is 0 Å². The molecule has 0 saturated heterocycles. The lowest BCUT2D eigenvalue weighted by Crippen LogP contribution is -2.10. The Bertz CT molecular complexity index is 467. The van der Waals surface area contributed by atoms with Crippen LogP contribution in [0.5, 0.6) is 0 Å². The largest absolute Gasteiger partial charge is 0.416 e. The fourth-order valence-electron chi connectivity index (χ4n) is 1.31. The summed E-state index contributed by atoms with van der Waals surface area (Å²) in [5, 5.41) is 2.40. The minimum atomic E-state index is -4.41. The fourth-order valence-corrected chi connectivity index (χ4v) is 3.97. The van der Waals surface area contributed by atoms with Crippen molar-refractivity contribution in [1.82, 2.24) is 5.09 Å². The Kier molecular flexibility index (Phi) is 5.92. The molecule has 0 fully saturated rings. The van der Waals surface area contributed by atoms with Crippen LogP contribution in [0.2, 0.25) is 0 Å². The topological polar surface area (TPSA) is 49.3 Å². The lowest BCUT2D eigenvalue weighted by atomic mass is 10.1. The van der Waals surface area contributed by atoms with Gasteiger partial charge in [-0.3, -0.25) is 4.57 Å². The molecule has 1 aromatic rings. The summed E-state index contributed by atoms with van der Waals surface area (Å²) in [6.45, 7) is -1.75. The van der Waals surface area contributed by atoms with Crippen LogP contribution in [-0.2, 0) is 17.3 Å². The van der Waals surface area contributed by atoms with E-state index < -0.39 is 18.5 Å². The van der Waals surface area contributed by atoms with Gasteiger partial charge in [-0.2, -0.15) is 13.2 Å². The summed E-state index contributed by atoms with van der Waals surface area (Å²) in [5.74, 6) is 0.517. The van der Waals surface area contributed by atoms with Gasteiger partial charge < -0.3 is 4.89 Å². The second kappa shape index (κ2) is 6.79. The molecule has 0 spiro atoms. The number of benzene rings is 1. The first kappa shape index (κ1) is 16.6. The summed E-state index contributed by atoms with van der Waals surface area (Å²) >= 11 is 0.885. The minimum Gasteiger partial charge on any atom is -0.326 e. The normalized spacial score (nSPS) is 15.2. The van der Waals surface area contributed by atoms with E-state index in [4.69, 9.17) is 0 Å². The van der Waals surface area contributed by atoms with Crippen LogP contribution in [0, 0.1) is 0 Å². The number of alkyl halides is 3. The van der Waals surface area contributed by atoms with Gasteiger partial charge in [0.15, 0.2) is 0 Å². The predicted octanol–water partition coefficient (Wildman–Crippen LogP) is 4.04. The average Bonchev–Trinajstić information content (AvgIpc) is 2.34. The molecule has 0 aliphatic rings. The maximum Gasteiger partial charge on any atom is 0.416 e. The van der Waals surface area contributed by atoms with E-state index in [2.05, 4.69) is 5.09 Å². The van der Waals surface area contributed by atoms with Crippen LogP contribution in [-0.4, -0.2) is 10.6 Å². The SMILES string of the molecule is CCCSP(=O)(O)NCc1cccc(C(F)(F)F)c1. The Morgan fingerprint density at radius 1 is 1.42 bits per heavy atom. The van der Waals surface area contributed by atoms with Gasteiger partial charge >= 0.3 is 12.9 Å². The molecule has 108 valence electrons. The van der Waals surface area contributed by atoms with Gasteiger partial charge in [0.1, 0.15) is 0 Å². The number of rotatable bonds is 6. The van der Waals surface area contributed by atoms with E-state index >= 15 is 0 Å². The molecule has 0 amide bonds. The average molecular weight is 313 g/mol. The molecule has 0 heterocycles. The Morgan fingerprint density at radius 2 is 2.11 bits per heavy atom. The molecule has 0 saturated carbocycles. The molecule has 1 atom stereocenters. The van der Waals surface area contributed by atoms with Gasteiger partial charge in [-0.15, -0.1) is 0 Å². The first-order valence-corrected chi connectivity index (χ1v) is 8.88. The summed E-state index contributed by atoms with van der Waals surface area (Å²) in [6, 6.07) is 4.69. The smallest absolute Gasteiger partial charge is 0.326 e. The number of hydrogen-bond donors (Lipinski definition) is 2. The molecule has 0 aromatic heterocycles. The zero-order valence-electron chi connectivity index (χ0n) is 10.3. The quantitative estimate of drug-likeness (QED) is 0.778. The molecule has 0 aliphatic heterocycles. The lowest BCUT2D eigenvalue weighted by molar-refractivity contribution is -0.137. The van der Waals surface area contributed by atoms with Crippen molar-refractivity contribution in [2.45, 2.75) is 26.1 Å². The Labute approximate surface area is 113 Å². The molecule has 2 N–H and O–H groups in total. The summed E-state index contributed by atoms with van der Waals surface area (Å²) < 4.78 is 49.1. The Hall–Kier alpha value is -0.490. The zero-order chi connectivity index (χ0) is 14.5. The highest BCUT2D eigenvalue weighted by molar-refractivity contribution is 8.55. The first-order valence-electron chi connectivity index (χ1n) is 5.63. The second-order valence-corrected chi connectivity index (χ2v) is 8.17. The van der Waals surface area contributed by atoms with Crippen LogP contribution in [0.4, 0.5) is 13.2 Å². The highest BCUT2D eigenvalue weighted by Gasteiger charge is 2.30. The van der Waals surface area contributed by atoms with E-state index in [9.17, 15) is 22.6 Å². The van der Waals surface area contributed by atoms with Crippen molar-refractivity contribution >= 4 is 18.1 Å². The molecule has 0 aliphatic carbocycles. The van der Waals surface area contributed by atoms with Crippen LogP contribution < -0.4 is 5.09 Å². The second-order valence-electron chi connectivity index (χ2n) is 3.89. The van der Waals surface area contributed by atoms with E-state index in [1.807, 2.05) is 6.92 Å². The highest BCUT2D eigenvalue weighted by atomic mass is 32.7. The lowest BCUT2D eigenvalue weighted by Gasteiger charge is -2.13. The van der Waals surface area contributed by atoms with Gasteiger partial charge in [0.2, 0.25) is 0 Å². The summed E-state index contributed by atoms with van der Waals surface area (Å²) in [7, 11) is 0. The third-order valence-corrected chi connectivity index (χ3v) is 5.69. The molecule has 19 heavy (non-hydrogen) atoms. The van der Waals surface area contributed by atoms with E-state index in [0.29, 0.717) is 11.3 Å². The zero-order valence-corrected chi connectivity index (χ0v) is 12.0. The van der Waals surface area contributed by atoms with Crippen LogP contribution in [0.3, 0.4) is 0 Å². The Balaban J connectivity index is 2.66. The molecule has 0 radical (unpaired) electrons. The number of hydrogen-bond acceptors (Lipinski definition) is 2. The third-order valence-electron chi connectivity index (χ3n) is 2.21. The molecule has 3 nitrogen and oxygen atoms in total. The number of halogens is 3. The maximum atomic E-state index is 12.5. The molecular weight excluding hydrogens is 298 g/mol. The van der Waals surface area contributed by atoms with Crippen molar-refractivity contribution in [2.75, 3.05) is 5.75 Å². The van der Waals surface area contributed by atoms with E-state index in [1.165, 1.54) is 12.1 Å². The van der Waals surface area contributed by atoms with Crippen molar-refractivity contribution in [2.24, 2.45) is 0 Å². The fraction of sp³-hybridized carbons (Fsp3) is 0.455. The van der Waals surface area contributed by atoms with Crippen molar-refractivity contribution in [3.05, 3.63) is 35.4 Å². The van der Waals surface area contributed by atoms with Crippen molar-refractivity contribution in [3.63, 3.8) is 0 Å². The van der Waals surface area contributed by atoms with Gasteiger partial charge in [0.25, 0.3) is 0 Å². The van der Waals surface area contributed by atoms with Crippen LogP contribution >= 0.6 is 18.1 Å². The monoisotopic (exact) mass is 313 g/mol. The maximum absolute atomic E-state index is 12.5. The van der Waals surface area contributed by atoms with Gasteiger partial charge in [-0.25, -0.2) is 5.09 Å². The van der Waals surface area contributed by atoms with Crippen molar-refractivity contribution < 1.29 is 22.6 Å². The summed E-state index contributed by atoms with van der Waals surface area (Å²) in [4.78, 5) is 9.52. The van der Waals surface area contributed by atoms with Gasteiger partial charge in [0, 0.05) is 12.3 Å². The third kappa shape index (κ3) is 5.99. The van der Waals surface area contributed by atoms with Gasteiger partial charge in [-0.1, -0.05) is 36.5 Å². The van der Waals surface area contributed by atoms with Crippen LogP contribution in [0.1, 0.15) is 24.5 Å². The van der Waals surface area contributed by atoms with E-state index in [0.717, 1.165) is 29.9 Å². The van der Waals surface area contributed by atoms with E-state index in [-0.39, 0.29) is 6.54 Å². The molecule has 1 unspecified atom stereocenters. The van der Waals surface area contributed by atoms with Crippen molar-refractivity contribution in [3.8, 4) is 0 Å². The molecule has 8 heteroatoms. The van der Waals surface area contributed by atoms with Crippen LogP contribution in [0.25, 0.3) is 0 Å². The summed E-state index contributed by atoms with van der Waals surface area (Å²) in [5.41, 5.74) is -0.443. The van der Waals surface area contributed by atoms with Crippen molar-refractivity contribution in [1.29, 1.82) is 0 Å². The van der Waals surface area contributed by atoms with Crippen LogP contribution in [0.15, 0.2) is 24.3 Å². The van der Waals surface area contributed by atoms with Gasteiger partial charge in [0.05, 0.1) is 5.56 Å². The Morgan fingerprint density at radius 3 is 2.68 bits per heavy atom. The number of nitrogens with one attached hydrogen (secondary N) is 1. The van der Waals surface area contributed by atoms with Gasteiger partial charge in [-0.05, 0) is 18.1 Å². The summed E-state index contributed by atoms with van der Waals surface area (Å²) in [6.07, 6.45) is -3.66. The minimum absolute atomic E-state index is 0.0750. The standard InChI is InChI=1S/C11H15F3NO2PS/c1-2-6-19-18(16,17)15-8-9-4-3-5-10(7-9)11(12,13)14/h3-5,7H,2,6,8H2,1H3,(H2,15,16,17). The molecular formula is C11H15F3NO2PS. The predicted molar refractivity (Wildman–Crippen MR) is 70.9 cm³/mol. The molecule has 1 rings (SSSR count).